The number of aromatic nitrogens is 2. The van der Waals surface area contributed by atoms with E-state index in [0.717, 1.165) is 31.2 Å². The second kappa shape index (κ2) is 8.79. The minimum atomic E-state index is -0.121. The van der Waals surface area contributed by atoms with Crippen molar-refractivity contribution in [2.75, 3.05) is 5.75 Å². The number of nitrogens with one attached hydrogen (secondary N) is 1. The molecule has 0 radical (unpaired) electrons. The summed E-state index contributed by atoms with van der Waals surface area (Å²) in [6, 6.07) is 9.82. The zero-order valence-electron chi connectivity index (χ0n) is 14.4. The Labute approximate surface area is 169 Å². The number of nitrogens with zero attached hydrogens (tertiary/aromatic N) is 2. The number of hydrogen-bond acceptors (Lipinski definition) is 5. The molecule has 0 aliphatic carbocycles. The van der Waals surface area contributed by atoms with Crippen LogP contribution in [0.3, 0.4) is 0 Å². The van der Waals surface area contributed by atoms with Crippen molar-refractivity contribution >= 4 is 44.9 Å². The molecule has 7 heteroatoms. The predicted molar refractivity (Wildman–Crippen MR) is 112 cm³/mol. The highest BCUT2D eigenvalue weighted by Crippen LogP contribution is 2.27. The molecule has 0 bridgehead atoms. The molecule has 26 heavy (non-hydrogen) atoms. The molecule has 2 aromatic heterocycles. The first-order valence-electron chi connectivity index (χ1n) is 8.07. The molecule has 1 unspecified atom stereocenters. The molecule has 134 valence electrons. The second-order valence-electron chi connectivity index (χ2n) is 5.80. The fourth-order valence-electron chi connectivity index (χ4n) is 2.40. The lowest BCUT2D eigenvalue weighted by atomic mass is 10.2. The summed E-state index contributed by atoms with van der Waals surface area (Å²) in [6.45, 7) is 4.00. The van der Waals surface area contributed by atoms with E-state index >= 15 is 0 Å². The van der Waals surface area contributed by atoms with Crippen LogP contribution < -0.4 is 5.32 Å². The SMILES string of the molecule is Cc1cc(Br)ccc1SCC(=O)NC(C)c1nc(-c2cccnc2)cs1. The van der Waals surface area contributed by atoms with Crippen molar-refractivity contribution in [1.82, 2.24) is 15.3 Å². The van der Waals surface area contributed by atoms with E-state index in [1.54, 1.807) is 35.5 Å². The summed E-state index contributed by atoms with van der Waals surface area (Å²) in [5.74, 6) is 0.385. The monoisotopic (exact) mass is 447 g/mol. The molecule has 0 spiro atoms. The average molecular weight is 448 g/mol. The summed E-state index contributed by atoms with van der Waals surface area (Å²) < 4.78 is 1.05. The average Bonchev–Trinajstić information content (AvgIpc) is 3.12. The van der Waals surface area contributed by atoms with Crippen LogP contribution >= 0.6 is 39.0 Å². The third kappa shape index (κ3) is 4.93. The fraction of sp³-hybridized carbons (Fsp3) is 0.211. The number of aryl methyl sites for hydroxylation is 1. The first-order valence-corrected chi connectivity index (χ1v) is 10.7. The molecule has 3 rings (SSSR count). The van der Waals surface area contributed by atoms with Gasteiger partial charge in [-0.25, -0.2) is 4.98 Å². The van der Waals surface area contributed by atoms with Crippen molar-refractivity contribution in [2.24, 2.45) is 0 Å². The van der Waals surface area contributed by atoms with Crippen molar-refractivity contribution in [3.63, 3.8) is 0 Å². The van der Waals surface area contributed by atoms with Crippen LogP contribution in [0.1, 0.15) is 23.5 Å². The quantitative estimate of drug-likeness (QED) is 0.524. The summed E-state index contributed by atoms with van der Waals surface area (Å²) in [6.07, 6.45) is 3.53. The third-order valence-electron chi connectivity index (χ3n) is 3.72. The Morgan fingerprint density at radius 1 is 1.38 bits per heavy atom. The number of rotatable bonds is 6. The summed E-state index contributed by atoms with van der Waals surface area (Å²) in [4.78, 5) is 22.1. The van der Waals surface area contributed by atoms with Gasteiger partial charge in [0.2, 0.25) is 5.91 Å². The second-order valence-corrected chi connectivity index (χ2v) is 8.62. The highest BCUT2D eigenvalue weighted by Gasteiger charge is 2.14. The van der Waals surface area contributed by atoms with E-state index in [9.17, 15) is 4.79 Å². The third-order valence-corrected chi connectivity index (χ3v) is 6.42. The zero-order chi connectivity index (χ0) is 18.5. The maximum absolute atomic E-state index is 12.3. The number of carbonyl (C=O) groups is 1. The normalized spacial score (nSPS) is 12.0. The number of amides is 1. The van der Waals surface area contributed by atoms with Gasteiger partial charge in [-0.15, -0.1) is 23.1 Å². The summed E-state index contributed by atoms with van der Waals surface area (Å²) in [7, 11) is 0. The molecular formula is C19H18BrN3OS2. The van der Waals surface area contributed by atoms with Crippen molar-refractivity contribution in [3.05, 3.63) is 63.1 Å². The Balaban J connectivity index is 1.57. The van der Waals surface area contributed by atoms with Gasteiger partial charge in [0.05, 0.1) is 17.5 Å². The summed E-state index contributed by atoms with van der Waals surface area (Å²) >= 11 is 6.55. The molecule has 0 saturated heterocycles. The standard InChI is InChI=1S/C19H18BrN3OS2/c1-12-8-15(20)5-6-17(12)25-11-18(24)22-13(2)19-23-16(10-26-19)14-4-3-7-21-9-14/h3-10,13H,11H2,1-2H3,(H,22,24). The highest BCUT2D eigenvalue weighted by molar-refractivity contribution is 9.10. The van der Waals surface area contributed by atoms with Gasteiger partial charge in [0, 0.05) is 32.7 Å². The number of halogens is 1. The Kier molecular flexibility index (Phi) is 6.45. The Morgan fingerprint density at radius 2 is 2.23 bits per heavy atom. The van der Waals surface area contributed by atoms with E-state index < -0.39 is 0 Å². The Bertz CT molecular complexity index is 899. The van der Waals surface area contributed by atoms with Crippen LogP contribution in [0.4, 0.5) is 0 Å². The maximum atomic E-state index is 12.3. The van der Waals surface area contributed by atoms with E-state index in [-0.39, 0.29) is 11.9 Å². The van der Waals surface area contributed by atoms with E-state index in [1.807, 2.05) is 43.5 Å². The van der Waals surface area contributed by atoms with Crippen LogP contribution in [0.2, 0.25) is 0 Å². The van der Waals surface area contributed by atoms with Gasteiger partial charge in [-0.1, -0.05) is 15.9 Å². The minimum Gasteiger partial charge on any atom is -0.346 e. The van der Waals surface area contributed by atoms with Crippen molar-refractivity contribution in [1.29, 1.82) is 0 Å². The van der Waals surface area contributed by atoms with Gasteiger partial charge in [-0.2, -0.15) is 0 Å². The van der Waals surface area contributed by atoms with Gasteiger partial charge in [-0.05, 0) is 49.7 Å². The van der Waals surface area contributed by atoms with E-state index in [4.69, 9.17) is 0 Å². The molecule has 0 saturated carbocycles. The van der Waals surface area contributed by atoms with Crippen LogP contribution in [-0.2, 0) is 4.79 Å². The van der Waals surface area contributed by atoms with Gasteiger partial charge in [0.15, 0.2) is 0 Å². The number of thiazole rings is 1. The Hall–Kier alpha value is -1.70. The summed E-state index contributed by atoms with van der Waals surface area (Å²) in [5, 5.41) is 5.91. The predicted octanol–water partition coefficient (Wildman–Crippen LogP) is 5.25. The lowest BCUT2D eigenvalue weighted by Gasteiger charge is -2.12. The highest BCUT2D eigenvalue weighted by atomic mass is 79.9. The van der Waals surface area contributed by atoms with Crippen LogP contribution in [0.5, 0.6) is 0 Å². The van der Waals surface area contributed by atoms with Crippen LogP contribution in [0.15, 0.2) is 57.5 Å². The minimum absolute atomic E-state index is 0.00273. The first-order chi connectivity index (χ1) is 12.5. The topological polar surface area (TPSA) is 54.9 Å². The van der Waals surface area contributed by atoms with Crippen LogP contribution in [0, 0.1) is 6.92 Å². The molecule has 1 aromatic carbocycles. The largest absolute Gasteiger partial charge is 0.346 e. The van der Waals surface area contributed by atoms with Crippen molar-refractivity contribution < 1.29 is 4.79 Å². The smallest absolute Gasteiger partial charge is 0.230 e. The number of thioether (sulfide) groups is 1. The van der Waals surface area contributed by atoms with Crippen LogP contribution in [-0.4, -0.2) is 21.6 Å². The van der Waals surface area contributed by atoms with Crippen molar-refractivity contribution in [2.45, 2.75) is 24.8 Å². The maximum Gasteiger partial charge on any atom is 0.230 e. The summed E-state index contributed by atoms with van der Waals surface area (Å²) in [5.41, 5.74) is 3.03. The first kappa shape index (κ1) is 19.1. The van der Waals surface area contributed by atoms with Gasteiger partial charge < -0.3 is 5.32 Å². The number of hydrogen-bond donors (Lipinski definition) is 1. The molecule has 0 aliphatic heterocycles. The van der Waals surface area contributed by atoms with Gasteiger partial charge >= 0.3 is 0 Å². The number of carbonyl (C=O) groups excluding carboxylic acids is 1. The molecule has 2 heterocycles. The zero-order valence-corrected chi connectivity index (χ0v) is 17.6. The van der Waals surface area contributed by atoms with Gasteiger partial charge in [0.1, 0.15) is 5.01 Å². The molecule has 0 aliphatic rings. The molecule has 1 amide bonds. The number of pyridine rings is 1. The van der Waals surface area contributed by atoms with E-state index in [1.165, 1.54) is 0 Å². The van der Waals surface area contributed by atoms with Gasteiger partial charge in [-0.3, -0.25) is 9.78 Å². The molecule has 3 aromatic rings. The molecule has 4 nitrogen and oxygen atoms in total. The van der Waals surface area contributed by atoms with E-state index in [0.29, 0.717) is 5.75 Å². The van der Waals surface area contributed by atoms with Crippen LogP contribution in [0.25, 0.3) is 11.3 Å². The molecular weight excluding hydrogens is 430 g/mol. The van der Waals surface area contributed by atoms with Gasteiger partial charge in [0.25, 0.3) is 0 Å². The van der Waals surface area contributed by atoms with Crippen molar-refractivity contribution in [3.8, 4) is 11.3 Å². The Morgan fingerprint density at radius 3 is 2.96 bits per heavy atom. The molecule has 1 atom stereocenters. The van der Waals surface area contributed by atoms with E-state index in [2.05, 4.69) is 37.3 Å². The lowest BCUT2D eigenvalue weighted by Crippen LogP contribution is -2.28. The lowest BCUT2D eigenvalue weighted by molar-refractivity contribution is -0.119. The molecule has 1 N–H and O–H groups in total. The fourth-order valence-corrected chi connectivity index (χ4v) is 4.53. The molecule has 0 fully saturated rings. The number of benzene rings is 1.